The number of benzene rings is 1. The van der Waals surface area contributed by atoms with Crippen LogP contribution < -0.4 is 14.8 Å². The van der Waals surface area contributed by atoms with Crippen molar-refractivity contribution < 1.29 is 23.0 Å². The van der Waals surface area contributed by atoms with Crippen molar-refractivity contribution in [1.82, 2.24) is 14.9 Å². The molecule has 0 fully saturated rings. The molecule has 0 saturated carbocycles. The van der Waals surface area contributed by atoms with Crippen LogP contribution in [0.3, 0.4) is 0 Å². The molecular weight excluding hydrogens is 320 g/mol. The lowest BCUT2D eigenvalue weighted by Gasteiger charge is -2.24. The molecule has 2 aromatic rings. The first kappa shape index (κ1) is 16.2. The second-order valence-electron chi connectivity index (χ2n) is 5.45. The van der Waals surface area contributed by atoms with Crippen molar-refractivity contribution in [3.63, 3.8) is 0 Å². The molecule has 1 aromatic heterocycles. The minimum atomic E-state index is -2.95. The average molecular weight is 337 g/mol. The summed E-state index contributed by atoms with van der Waals surface area (Å²) in [4.78, 5) is 16.6. The van der Waals surface area contributed by atoms with Crippen LogP contribution in [0.4, 0.5) is 8.78 Å². The Morgan fingerprint density at radius 3 is 3.00 bits per heavy atom. The molecule has 0 spiro atoms. The average Bonchev–Trinajstić information content (AvgIpc) is 3.02. The van der Waals surface area contributed by atoms with E-state index in [4.69, 9.17) is 4.74 Å². The van der Waals surface area contributed by atoms with E-state index >= 15 is 0 Å². The van der Waals surface area contributed by atoms with Gasteiger partial charge in [0.2, 0.25) is 0 Å². The molecule has 6 nitrogen and oxygen atoms in total. The Balaban J connectivity index is 1.69. The van der Waals surface area contributed by atoms with Gasteiger partial charge in [0.25, 0.3) is 5.91 Å². The molecule has 1 unspecified atom stereocenters. The second-order valence-corrected chi connectivity index (χ2v) is 5.45. The summed E-state index contributed by atoms with van der Waals surface area (Å²) < 4.78 is 36.0. The molecule has 3 rings (SSSR count). The molecule has 8 heteroatoms. The summed E-state index contributed by atoms with van der Waals surface area (Å²) in [7, 11) is 1.33. The van der Waals surface area contributed by atoms with Gasteiger partial charge in [0, 0.05) is 37.0 Å². The number of rotatable bonds is 5. The fourth-order valence-electron chi connectivity index (χ4n) is 2.76. The summed E-state index contributed by atoms with van der Waals surface area (Å²) in [6.45, 7) is -2.30. The summed E-state index contributed by atoms with van der Waals surface area (Å²) in [5.74, 6) is 0.703. The number of halogens is 2. The first-order valence-electron chi connectivity index (χ1n) is 7.50. The Bertz CT molecular complexity index is 733. The zero-order chi connectivity index (χ0) is 17.1. The van der Waals surface area contributed by atoms with E-state index in [0.29, 0.717) is 12.1 Å². The number of ether oxygens (including phenoxy) is 2. The number of amides is 1. The number of aromatic nitrogens is 2. The summed E-state index contributed by atoms with van der Waals surface area (Å²) in [6, 6.07) is 4.11. The largest absolute Gasteiger partial charge is 0.493 e. The molecule has 0 saturated heterocycles. The minimum Gasteiger partial charge on any atom is -0.493 e. The van der Waals surface area contributed by atoms with Crippen molar-refractivity contribution in [2.24, 2.45) is 0 Å². The quantitative estimate of drug-likeness (QED) is 0.909. The van der Waals surface area contributed by atoms with E-state index in [1.165, 1.54) is 25.3 Å². The van der Waals surface area contributed by atoms with Crippen LogP contribution in [-0.4, -0.2) is 35.2 Å². The van der Waals surface area contributed by atoms with Crippen molar-refractivity contribution in [3.05, 3.63) is 42.0 Å². The third kappa shape index (κ3) is 3.47. The number of fused-ring (bicyclic) bond motifs is 1. The van der Waals surface area contributed by atoms with Gasteiger partial charge < -0.3 is 19.4 Å². The smallest absolute Gasteiger partial charge is 0.387 e. The Morgan fingerprint density at radius 2 is 2.25 bits per heavy atom. The maximum absolute atomic E-state index is 12.4. The first-order chi connectivity index (χ1) is 11.6. The number of alkyl halides is 2. The highest BCUT2D eigenvalue weighted by Gasteiger charge is 2.21. The molecule has 1 aliphatic heterocycles. The van der Waals surface area contributed by atoms with E-state index in [2.05, 4.69) is 15.0 Å². The number of hydrogen-bond donors (Lipinski definition) is 1. The molecule has 1 atom stereocenters. The topological polar surface area (TPSA) is 65.4 Å². The van der Waals surface area contributed by atoms with Gasteiger partial charge in [0.1, 0.15) is 5.82 Å². The molecule has 0 bridgehead atoms. The highest BCUT2D eigenvalue weighted by Crippen LogP contribution is 2.29. The SMILES string of the molecule is COc1cc(C(=O)NC2CCc3nccn3C2)ccc1OC(F)F. The predicted molar refractivity (Wildman–Crippen MR) is 81.4 cm³/mol. The number of nitrogens with one attached hydrogen (secondary N) is 1. The molecule has 128 valence electrons. The van der Waals surface area contributed by atoms with Crippen LogP contribution in [-0.2, 0) is 13.0 Å². The lowest BCUT2D eigenvalue weighted by atomic mass is 10.1. The van der Waals surface area contributed by atoms with Gasteiger partial charge in [-0.15, -0.1) is 0 Å². The van der Waals surface area contributed by atoms with E-state index in [1.807, 2.05) is 10.8 Å². The third-order valence-electron chi connectivity index (χ3n) is 3.91. The van der Waals surface area contributed by atoms with Crippen LogP contribution in [0.25, 0.3) is 0 Å². The Morgan fingerprint density at radius 1 is 1.42 bits per heavy atom. The molecule has 24 heavy (non-hydrogen) atoms. The van der Waals surface area contributed by atoms with Crippen molar-refractivity contribution in [2.45, 2.75) is 32.0 Å². The first-order valence-corrected chi connectivity index (χ1v) is 7.50. The number of aryl methyl sites for hydroxylation is 1. The van der Waals surface area contributed by atoms with Gasteiger partial charge in [-0.05, 0) is 24.6 Å². The Kier molecular flexibility index (Phi) is 4.64. The minimum absolute atomic E-state index is 0.0119. The van der Waals surface area contributed by atoms with Crippen molar-refractivity contribution >= 4 is 5.91 Å². The van der Waals surface area contributed by atoms with Gasteiger partial charge in [-0.3, -0.25) is 4.79 Å². The number of nitrogens with zero attached hydrogens (tertiary/aromatic N) is 2. The predicted octanol–water partition coefficient (Wildman–Crippen LogP) is 2.24. The highest BCUT2D eigenvalue weighted by atomic mass is 19.3. The maximum atomic E-state index is 12.4. The van der Waals surface area contributed by atoms with Crippen LogP contribution in [0, 0.1) is 0 Å². The number of imidazole rings is 1. The number of methoxy groups -OCH3 is 1. The third-order valence-corrected chi connectivity index (χ3v) is 3.91. The maximum Gasteiger partial charge on any atom is 0.387 e. The summed E-state index contributed by atoms with van der Waals surface area (Å²) in [6.07, 6.45) is 5.22. The number of carbonyl (C=O) groups is 1. The molecule has 0 radical (unpaired) electrons. The van der Waals surface area contributed by atoms with Gasteiger partial charge in [-0.2, -0.15) is 8.78 Å². The zero-order valence-electron chi connectivity index (χ0n) is 13.0. The van der Waals surface area contributed by atoms with Crippen LogP contribution in [0.2, 0.25) is 0 Å². The Labute approximate surface area is 137 Å². The van der Waals surface area contributed by atoms with E-state index in [1.54, 1.807) is 6.20 Å². The lowest BCUT2D eigenvalue weighted by molar-refractivity contribution is -0.0512. The molecule has 1 N–H and O–H groups in total. The van der Waals surface area contributed by atoms with Gasteiger partial charge in [-0.1, -0.05) is 0 Å². The zero-order valence-corrected chi connectivity index (χ0v) is 13.0. The molecule has 0 aliphatic carbocycles. The van der Waals surface area contributed by atoms with Crippen LogP contribution in [0.15, 0.2) is 30.6 Å². The van der Waals surface area contributed by atoms with Gasteiger partial charge >= 0.3 is 6.61 Å². The van der Waals surface area contributed by atoms with Crippen molar-refractivity contribution in [1.29, 1.82) is 0 Å². The summed E-state index contributed by atoms with van der Waals surface area (Å²) in [5, 5.41) is 2.95. The van der Waals surface area contributed by atoms with E-state index in [0.717, 1.165) is 18.7 Å². The van der Waals surface area contributed by atoms with E-state index in [9.17, 15) is 13.6 Å². The molecular formula is C16H17F2N3O3. The van der Waals surface area contributed by atoms with E-state index < -0.39 is 6.61 Å². The second kappa shape index (κ2) is 6.86. The van der Waals surface area contributed by atoms with Crippen molar-refractivity contribution in [3.8, 4) is 11.5 Å². The molecule has 1 amide bonds. The van der Waals surface area contributed by atoms with Crippen LogP contribution in [0.1, 0.15) is 22.6 Å². The number of carbonyl (C=O) groups excluding carboxylic acids is 1. The fraction of sp³-hybridized carbons (Fsp3) is 0.375. The molecule has 1 aliphatic rings. The molecule has 1 aromatic carbocycles. The summed E-state index contributed by atoms with van der Waals surface area (Å²) >= 11 is 0. The highest BCUT2D eigenvalue weighted by molar-refractivity contribution is 5.95. The number of hydrogen-bond acceptors (Lipinski definition) is 4. The fourth-order valence-corrected chi connectivity index (χ4v) is 2.76. The Hall–Kier alpha value is -2.64. The van der Waals surface area contributed by atoms with Gasteiger partial charge in [0.05, 0.1) is 7.11 Å². The van der Waals surface area contributed by atoms with Gasteiger partial charge in [-0.25, -0.2) is 4.98 Å². The van der Waals surface area contributed by atoms with E-state index in [-0.39, 0.29) is 23.4 Å². The lowest BCUT2D eigenvalue weighted by Crippen LogP contribution is -2.40. The normalized spacial score (nSPS) is 16.6. The van der Waals surface area contributed by atoms with Crippen LogP contribution >= 0.6 is 0 Å². The standard InChI is InChI=1S/C16H17F2N3O3/c1-23-13-8-10(2-4-12(13)24-16(17)18)15(22)20-11-3-5-14-19-6-7-21(14)9-11/h2,4,6-8,11,16H,3,5,9H2,1H3,(H,20,22). The monoisotopic (exact) mass is 337 g/mol. The summed E-state index contributed by atoms with van der Waals surface area (Å²) in [5.41, 5.74) is 0.324. The van der Waals surface area contributed by atoms with Crippen LogP contribution in [0.5, 0.6) is 11.5 Å². The van der Waals surface area contributed by atoms with Gasteiger partial charge in [0.15, 0.2) is 11.5 Å². The molecule has 2 heterocycles. The van der Waals surface area contributed by atoms with Crippen molar-refractivity contribution in [2.75, 3.05) is 7.11 Å².